The summed E-state index contributed by atoms with van der Waals surface area (Å²) in [4.78, 5) is 26.8. The minimum absolute atomic E-state index is 0.0172. The molecule has 4 rings (SSSR count). The quantitative estimate of drug-likeness (QED) is 0.437. The molecule has 1 aliphatic carbocycles. The molecule has 2 aliphatic rings. The highest BCUT2D eigenvalue weighted by molar-refractivity contribution is 7.89. The van der Waals surface area contributed by atoms with Gasteiger partial charge in [-0.2, -0.15) is 0 Å². The highest BCUT2D eigenvalue weighted by atomic mass is 32.2. The largest absolute Gasteiger partial charge is 0.377 e. The number of thiophene rings is 1. The Labute approximate surface area is 191 Å². The molecule has 2 aromatic rings. The number of nitrogens with one attached hydrogen (secondary N) is 3. The average molecular weight is 478 g/mol. The molecule has 0 bridgehead atoms. The van der Waals surface area contributed by atoms with Crippen molar-refractivity contribution in [1.29, 1.82) is 0 Å². The van der Waals surface area contributed by atoms with Crippen LogP contribution in [0.2, 0.25) is 0 Å². The zero-order chi connectivity index (χ0) is 22.6. The second-order valence-electron chi connectivity index (χ2n) is 8.04. The Kier molecular flexibility index (Phi) is 7.24. The molecule has 1 aromatic heterocycles. The monoisotopic (exact) mass is 477 g/mol. The molecule has 8 nitrogen and oxygen atoms in total. The Bertz CT molecular complexity index is 1070. The van der Waals surface area contributed by atoms with Crippen molar-refractivity contribution in [3.05, 3.63) is 51.2 Å². The second kappa shape index (κ2) is 10.1. The zero-order valence-corrected chi connectivity index (χ0v) is 19.3. The molecule has 3 N–H and O–H groups in total. The number of rotatable bonds is 6. The van der Waals surface area contributed by atoms with Crippen molar-refractivity contribution in [3.63, 3.8) is 0 Å². The van der Waals surface area contributed by atoms with Gasteiger partial charge in [0.15, 0.2) is 0 Å². The smallest absolute Gasteiger partial charge is 0.279 e. The van der Waals surface area contributed by atoms with Crippen LogP contribution in [0.3, 0.4) is 0 Å². The number of carbonyl (C=O) groups is 2. The van der Waals surface area contributed by atoms with E-state index in [0.29, 0.717) is 11.5 Å². The van der Waals surface area contributed by atoms with Crippen LogP contribution in [0, 0.1) is 0 Å². The molecule has 1 unspecified atom stereocenters. The van der Waals surface area contributed by atoms with Crippen molar-refractivity contribution in [1.82, 2.24) is 15.6 Å². The van der Waals surface area contributed by atoms with Crippen LogP contribution in [0.4, 0.5) is 0 Å². The highest BCUT2D eigenvalue weighted by Gasteiger charge is 2.22. The fourth-order valence-corrected chi connectivity index (χ4v) is 6.18. The second-order valence-corrected chi connectivity index (χ2v) is 10.9. The first-order chi connectivity index (χ1) is 15.4. The Morgan fingerprint density at radius 3 is 2.66 bits per heavy atom. The van der Waals surface area contributed by atoms with Gasteiger partial charge in [-0.3, -0.25) is 20.4 Å². The van der Waals surface area contributed by atoms with E-state index in [4.69, 9.17) is 4.74 Å². The molecule has 2 amide bonds. The van der Waals surface area contributed by atoms with Gasteiger partial charge in [0.2, 0.25) is 10.0 Å². The number of benzene rings is 1. The van der Waals surface area contributed by atoms with E-state index in [-0.39, 0.29) is 29.0 Å². The van der Waals surface area contributed by atoms with Crippen LogP contribution in [0.25, 0.3) is 0 Å². The van der Waals surface area contributed by atoms with Gasteiger partial charge in [-0.15, -0.1) is 11.3 Å². The number of hydrogen-bond acceptors (Lipinski definition) is 6. The first-order valence-electron chi connectivity index (χ1n) is 10.9. The van der Waals surface area contributed by atoms with Crippen molar-refractivity contribution in [3.8, 4) is 0 Å². The van der Waals surface area contributed by atoms with Gasteiger partial charge in [0.05, 0.1) is 15.9 Å². The summed E-state index contributed by atoms with van der Waals surface area (Å²) in [5, 5.41) is 0. The summed E-state index contributed by atoms with van der Waals surface area (Å²) in [7, 11) is -3.78. The number of hydrogen-bond donors (Lipinski definition) is 3. The van der Waals surface area contributed by atoms with E-state index in [9.17, 15) is 18.0 Å². The van der Waals surface area contributed by atoms with Crippen LogP contribution in [-0.4, -0.2) is 39.5 Å². The molecule has 1 saturated heterocycles. The van der Waals surface area contributed by atoms with Crippen molar-refractivity contribution in [2.45, 2.75) is 55.9 Å². The van der Waals surface area contributed by atoms with Gasteiger partial charge < -0.3 is 4.74 Å². The average Bonchev–Trinajstić information content (AvgIpc) is 3.41. The third-order valence-corrected chi connectivity index (χ3v) is 8.35. The predicted molar refractivity (Wildman–Crippen MR) is 121 cm³/mol. The van der Waals surface area contributed by atoms with Crippen LogP contribution in [0.5, 0.6) is 0 Å². The standard InChI is InChI=1S/C22H27N3O5S2/c26-21(24-25-22(27)20-13-15-6-2-1-3-10-19(15)31-20)16-7-4-9-18(12-16)32(28,29)23-14-17-8-5-11-30-17/h4,7,9,12-13,17,23H,1-3,5-6,8,10-11,14H2,(H,24,26)(H,25,27). The Morgan fingerprint density at radius 2 is 1.84 bits per heavy atom. The fourth-order valence-electron chi connectivity index (χ4n) is 3.92. The third-order valence-electron chi connectivity index (χ3n) is 5.69. The van der Waals surface area contributed by atoms with Crippen LogP contribution >= 0.6 is 11.3 Å². The van der Waals surface area contributed by atoms with Crippen molar-refractivity contribution in [2.75, 3.05) is 13.2 Å². The maximum atomic E-state index is 12.6. The molecule has 0 saturated carbocycles. The number of hydrazine groups is 1. The Hall–Kier alpha value is -2.27. The highest BCUT2D eigenvalue weighted by Crippen LogP contribution is 2.28. The summed E-state index contributed by atoms with van der Waals surface area (Å²) in [6, 6.07) is 7.60. The Balaban J connectivity index is 1.35. The first kappa shape index (κ1) is 22.9. The molecule has 0 spiro atoms. The number of sulfonamides is 1. The minimum atomic E-state index is -3.78. The van der Waals surface area contributed by atoms with Crippen molar-refractivity contribution in [2.24, 2.45) is 0 Å². The van der Waals surface area contributed by atoms with E-state index in [2.05, 4.69) is 15.6 Å². The minimum Gasteiger partial charge on any atom is -0.377 e. The number of ether oxygens (including phenoxy) is 1. The molecule has 1 fully saturated rings. The zero-order valence-electron chi connectivity index (χ0n) is 17.7. The van der Waals surface area contributed by atoms with Crippen LogP contribution in [0.1, 0.15) is 62.6 Å². The molecule has 0 radical (unpaired) electrons. The van der Waals surface area contributed by atoms with E-state index in [0.717, 1.165) is 38.5 Å². The van der Waals surface area contributed by atoms with Crippen LogP contribution < -0.4 is 15.6 Å². The molecule has 10 heteroatoms. The Morgan fingerprint density at radius 1 is 1.03 bits per heavy atom. The third kappa shape index (κ3) is 5.55. The van der Waals surface area contributed by atoms with Gasteiger partial charge in [-0.25, -0.2) is 13.1 Å². The molecule has 32 heavy (non-hydrogen) atoms. The SMILES string of the molecule is O=C(NNC(=O)c1cc2c(s1)CCCCC2)c1cccc(S(=O)(=O)NCC2CCCO2)c1. The van der Waals surface area contributed by atoms with E-state index in [1.807, 2.05) is 6.07 Å². The lowest BCUT2D eigenvalue weighted by atomic mass is 10.1. The van der Waals surface area contributed by atoms with Crippen LogP contribution in [0.15, 0.2) is 35.2 Å². The molecule has 2 heterocycles. The topological polar surface area (TPSA) is 114 Å². The maximum Gasteiger partial charge on any atom is 0.279 e. The normalized spacial score (nSPS) is 18.6. The van der Waals surface area contributed by atoms with E-state index in [1.165, 1.54) is 52.5 Å². The van der Waals surface area contributed by atoms with Gasteiger partial charge in [-0.1, -0.05) is 12.5 Å². The molecule has 1 aliphatic heterocycles. The molecular weight excluding hydrogens is 450 g/mol. The van der Waals surface area contributed by atoms with Crippen molar-refractivity contribution < 1.29 is 22.7 Å². The van der Waals surface area contributed by atoms with Gasteiger partial charge in [0.1, 0.15) is 0 Å². The van der Waals surface area contributed by atoms with Gasteiger partial charge in [0, 0.05) is 23.6 Å². The maximum absolute atomic E-state index is 12.6. The van der Waals surface area contributed by atoms with Crippen molar-refractivity contribution >= 4 is 33.2 Å². The summed E-state index contributed by atoms with van der Waals surface area (Å²) >= 11 is 1.46. The number of amides is 2. The fraction of sp³-hybridized carbons (Fsp3) is 0.455. The summed E-state index contributed by atoms with van der Waals surface area (Å²) in [6.45, 7) is 0.835. The summed E-state index contributed by atoms with van der Waals surface area (Å²) in [5.74, 6) is -0.967. The van der Waals surface area contributed by atoms with Gasteiger partial charge >= 0.3 is 0 Å². The van der Waals surface area contributed by atoms with Gasteiger partial charge in [-0.05, 0) is 68.4 Å². The number of aryl methyl sites for hydroxylation is 2. The summed E-state index contributed by atoms with van der Waals surface area (Å²) in [5.41, 5.74) is 6.16. The van der Waals surface area contributed by atoms with E-state index >= 15 is 0 Å². The molecular formula is C22H27N3O5S2. The lowest BCUT2D eigenvalue weighted by molar-refractivity contribution is 0.0848. The first-order valence-corrected chi connectivity index (χ1v) is 13.2. The molecule has 172 valence electrons. The summed E-state index contributed by atoms with van der Waals surface area (Å²) in [6.07, 6.45) is 7.04. The van der Waals surface area contributed by atoms with Gasteiger partial charge in [0.25, 0.3) is 11.8 Å². The van der Waals surface area contributed by atoms with E-state index < -0.39 is 15.9 Å². The van der Waals surface area contributed by atoms with Crippen LogP contribution in [-0.2, 0) is 27.6 Å². The lowest BCUT2D eigenvalue weighted by Crippen LogP contribution is -2.41. The van der Waals surface area contributed by atoms with E-state index in [1.54, 1.807) is 0 Å². The predicted octanol–water partition coefficient (Wildman–Crippen LogP) is 2.55. The molecule has 1 atom stereocenters. The number of carbonyl (C=O) groups excluding carboxylic acids is 2. The number of fused-ring (bicyclic) bond motifs is 1. The summed E-state index contributed by atoms with van der Waals surface area (Å²) < 4.78 is 33.1. The molecule has 1 aromatic carbocycles. The lowest BCUT2D eigenvalue weighted by Gasteiger charge is -2.12.